The second kappa shape index (κ2) is 5.65. The topological polar surface area (TPSA) is 208 Å². The summed E-state index contributed by atoms with van der Waals surface area (Å²) in [7, 11) is -11.0. The van der Waals surface area contributed by atoms with Gasteiger partial charge in [0.15, 0.2) is 0 Å². The van der Waals surface area contributed by atoms with Crippen LogP contribution in [0.3, 0.4) is 0 Å². The molecule has 2 atom stereocenters. The molecular weight excluding hydrogens is 302 g/mol. The van der Waals surface area contributed by atoms with Crippen molar-refractivity contribution in [3.05, 3.63) is 0 Å². The summed E-state index contributed by atoms with van der Waals surface area (Å²) in [5, 5.41) is 16.3. The molecule has 0 spiro atoms. The highest BCUT2D eigenvalue weighted by Gasteiger charge is 2.51. The summed E-state index contributed by atoms with van der Waals surface area (Å²) in [6.45, 7) is 0. The van der Waals surface area contributed by atoms with Gasteiger partial charge in [-0.3, -0.25) is 9.13 Å². The standard InChI is InChI=1S/C4H8O12P2/c5-3(6)15-1(17(9,10)11)2(16-4(7)8)18(12,13)14/h1-2H,(H,5,6)(H,7,8)(H2,9,10,11)(H2,12,13,14). The lowest BCUT2D eigenvalue weighted by molar-refractivity contribution is 0.00208. The van der Waals surface area contributed by atoms with E-state index in [1.54, 1.807) is 0 Å². The van der Waals surface area contributed by atoms with Crippen LogP contribution in [0.4, 0.5) is 9.59 Å². The zero-order valence-corrected chi connectivity index (χ0v) is 9.97. The van der Waals surface area contributed by atoms with E-state index < -0.39 is 39.2 Å². The largest absolute Gasteiger partial charge is 0.506 e. The van der Waals surface area contributed by atoms with Gasteiger partial charge in [-0.15, -0.1) is 0 Å². The SMILES string of the molecule is O=C(O)OC(C(OC(=O)O)P(=O)(O)O)P(=O)(O)O. The van der Waals surface area contributed by atoms with Crippen molar-refractivity contribution < 1.29 is 58.0 Å². The van der Waals surface area contributed by atoms with Crippen LogP contribution in [-0.2, 0) is 18.6 Å². The minimum Gasteiger partial charge on any atom is -0.450 e. The fourth-order valence-electron chi connectivity index (χ4n) is 0.793. The normalized spacial score (nSPS) is 15.6. The van der Waals surface area contributed by atoms with Crippen molar-refractivity contribution in [2.24, 2.45) is 0 Å². The zero-order chi connectivity index (χ0) is 14.7. The van der Waals surface area contributed by atoms with Gasteiger partial charge in [0.2, 0.25) is 0 Å². The van der Waals surface area contributed by atoms with Crippen molar-refractivity contribution in [2.75, 3.05) is 0 Å². The zero-order valence-electron chi connectivity index (χ0n) is 8.18. The summed E-state index contributed by atoms with van der Waals surface area (Å²) in [4.78, 5) is 55.0. The van der Waals surface area contributed by atoms with E-state index >= 15 is 0 Å². The maximum absolute atomic E-state index is 10.8. The molecule has 0 aliphatic carbocycles. The lowest BCUT2D eigenvalue weighted by atomic mass is 10.7. The Morgan fingerprint density at radius 3 is 1.11 bits per heavy atom. The van der Waals surface area contributed by atoms with Gasteiger partial charge in [-0.2, -0.15) is 0 Å². The van der Waals surface area contributed by atoms with E-state index in [0.717, 1.165) is 0 Å². The van der Waals surface area contributed by atoms with E-state index in [9.17, 15) is 18.7 Å². The monoisotopic (exact) mass is 310 g/mol. The van der Waals surface area contributed by atoms with Gasteiger partial charge >= 0.3 is 27.5 Å². The van der Waals surface area contributed by atoms with Gasteiger partial charge in [0.05, 0.1) is 0 Å². The predicted molar refractivity (Wildman–Crippen MR) is 49.9 cm³/mol. The summed E-state index contributed by atoms with van der Waals surface area (Å²) in [6, 6.07) is 0. The molecule has 18 heavy (non-hydrogen) atoms. The van der Waals surface area contributed by atoms with E-state index in [-0.39, 0.29) is 0 Å². The maximum Gasteiger partial charge on any atom is 0.506 e. The minimum absolute atomic E-state index is 2.28. The van der Waals surface area contributed by atoms with Crippen molar-refractivity contribution in [1.29, 1.82) is 0 Å². The van der Waals surface area contributed by atoms with Crippen LogP contribution in [-0.4, -0.2) is 53.8 Å². The first-order chi connectivity index (χ1) is 7.85. The van der Waals surface area contributed by atoms with Gasteiger partial charge in [0.25, 0.3) is 11.7 Å². The molecule has 0 radical (unpaired) electrons. The summed E-state index contributed by atoms with van der Waals surface area (Å²) in [5.41, 5.74) is 0. The highest BCUT2D eigenvalue weighted by Crippen LogP contribution is 2.55. The van der Waals surface area contributed by atoms with Crippen LogP contribution in [0.25, 0.3) is 0 Å². The summed E-state index contributed by atoms with van der Waals surface area (Å²) >= 11 is 0. The summed E-state index contributed by atoms with van der Waals surface area (Å²) in [6.07, 6.45) is -4.56. The van der Waals surface area contributed by atoms with Gasteiger partial charge in [0, 0.05) is 0 Å². The van der Waals surface area contributed by atoms with E-state index in [1.165, 1.54) is 0 Å². The second-order valence-corrected chi connectivity index (χ2v) is 6.10. The Hall–Kier alpha value is -1.16. The molecule has 0 aliphatic heterocycles. The number of hydrogen-bond acceptors (Lipinski definition) is 6. The van der Waals surface area contributed by atoms with Gasteiger partial charge in [-0.05, 0) is 0 Å². The van der Waals surface area contributed by atoms with Gasteiger partial charge < -0.3 is 39.3 Å². The number of ether oxygens (including phenoxy) is 2. The molecule has 0 saturated heterocycles. The molecule has 0 heterocycles. The first kappa shape index (κ1) is 16.8. The van der Waals surface area contributed by atoms with Crippen LogP contribution in [0.1, 0.15) is 0 Å². The molecule has 106 valence electrons. The van der Waals surface area contributed by atoms with E-state index in [4.69, 9.17) is 29.8 Å². The molecule has 14 heteroatoms. The molecule has 0 aromatic rings. The van der Waals surface area contributed by atoms with Crippen molar-refractivity contribution in [2.45, 2.75) is 11.7 Å². The van der Waals surface area contributed by atoms with Crippen LogP contribution < -0.4 is 0 Å². The fourth-order valence-corrected chi connectivity index (χ4v) is 3.08. The van der Waals surface area contributed by atoms with Crippen LogP contribution >= 0.6 is 15.2 Å². The molecule has 0 bridgehead atoms. The Bertz CT molecular complexity index is 376. The lowest BCUT2D eigenvalue weighted by Crippen LogP contribution is -2.34. The third-order valence-corrected chi connectivity index (χ3v) is 3.66. The van der Waals surface area contributed by atoms with Crippen molar-refractivity contribution >= 4 is 27.5 Å². The van der Waals surface area contributed by atoms with Crippen molar-refractivity contribution in [3.63, 3.8) is 0 Å². The third-order valence-electron chi connectivity index (χ3n) is 1.35. The second-order valence-electron chi connectivity index (χ2n) is 2.73. The van der Waals surface area contributed by atoms with Crippen LogP contribution in [0, 0.1) is 0 Å². The molecule has 0 fully saturated rings. The molecular formula is C4H8O12P2. The Morgan fingerprint density at radius 2 is 1.00 bits per heavy atom. The lowest BCUT2D eigenvalue weighted by Gasteiger charge is -2.25. The van der Waals surface area contributed by atoms with Crippen molar-refractivity contribution in [1.82, 2.24) is 0 Å². The van der Waals surface area contributed by atoms with Gasteiger partial charge in [-0.1, -0.05) is 0 Å². The minimum atomic E-state index is -5.52. The van der Waals surface area contributed by atoms with E-state index in [2.05, 4.69) is 9.47 Å². The quantitative estimate of drug-likeness (QED) is 0.277. The number of carboxylic acid groups (broad SMARTS) is 2. The Balaban J connectivity index is 5.48. The van der Waals surface area contributed by atoms with E-state index in [0.29, 0.717) is 0 Å². The maximum atomic E-state index is 10.8. The number of carbonyl (C=O) groups is 2. The molecule has 0 saturated carbocycles. The summed E-state index contributed by atoms with van der Waals surface area (Å²) in [5.74, 6) is -5.96. The van der Waals surface area contributed by atoms with Gasteiger partial charge in [0.1, 0.15) is 0 Å². The molecule has 0 rings (SSSR count). The van der Waals surface area contributed by atoms with Crippen LogP contribution in [0.2, 0.25) is 0 Å². The number of rotatable bonds is 5. The van der Waals surface area contributed by atoms with Gasteiger partial charge in [-0.25, -0.2) is 9.59 Å². The average Bonchev–Trinajstić information content (AvgIpc) is 2.06. The fraction of sp³-hybridized carbons (Fsp3) is 0.500. The van der Waals surface area contributed by atoms with Crippen molar-refractivity contribution in [3.8, 4) is 0 Å². The molecule has 0 aliphatic rings. The smallest absolute Gasteiger partial charge is 0.450 e. The van der Waals surface area contributed by atoms with Crippen LogP contribution in [0.5, 0.6) is 0 Å². The Kier molecular flexibility index (Phi) is 5.29. The highest BCUT2D eigenvalue weighted by molar-refractivity contribution is 7.57. The molecule has 2 unspecified atom stereocenters. The van der Waals surface area contributed by atoms with Crippen LogP contribution in [0.15, 0.2) is 0 Å². The summed E-state index contributed by atoms with van der Waals surface area (Å²) < 4.78 is 28.8. The molecule has 12 nitrogen and oxygen atoms in total. The first-order valence-corrected chi connectivity index (χ1v) is 7.11. The third kappa shape index (κ3) is 5.45. The average molecular weight is 310 g/mol. The molecule has 0 aromatic heterocycles. The Labute approximate surface area is 98.1 Å². The Morgan fingerprint density at radius 1 is 0.778 bits per heavy atom. The predicted octanol–water partition coefficient (Wildman–Crippen LogP) is -0.617. The highest BCUT2D eigenvalue weighted by atomic mass is 31.2. The number of hydrogen-bond donors (Lipinski definition) is 6. The van der Waals surface area contributed by atoms with E-state index in [1.807, 2.05) is 0 Å². The molecule has 6 N–H and O–H groups in total. The molecule has 0 amide bonds. The first-order valence-electron chi connectivity index (χ1n) is 3.75. The molecule has 0 aromatic carbocycles.